The Kier molecular flexibility index (Phi) is 4.90. The largest absolute Gasteiger partial charge is 0.481 e. The average Bonchev–Trinajstić information content (AvgIpc) is 2.63. The van der Waals surface area contributed by atoms with E-state index in [0.717, 1.165) is 11.1 Å². The fourth-order valence-electron chi connectivity index (χ4n) is 2.63. The number of anilines is 1. The molecular weight excluding hydrogens is 314 g/mol. The number of amides is 1. The van der Waals surface area contributed by atoms with E-state index in [4.69, 9.17) is 5.11 Å². The van der Waals surface area contributed by atoms with Crippen LogP contribution < -0.4 is 5.32 Å². The molecule has 0 bridgehead atoms. The molecule has 2 N–H and O–H groups in total. The molecule has 1 amide bonds. The summed E-state index contributed by atoms with van der Waals surface area (Å²) in [7, 11) is 0. The van der Waals surface area contributed by atoms with Crippen molar-refractivity contribution in [3.8, 4) is 11.1 Å². The SMILES string of the molecule is O=C(O)Cc1ccc(NC(=O)c2ccccc2-c2ccccc2)cc1. The molecule has 124 valence electrons. The third-order valence-corrected chi connectivity index (χ3v) is 3.82. The zero-order valence-electron chi connectivity index (χ0n) is 13.5. The zero-order chi connectivity index (χ0) is 17.6. The Hall–Kier alpha value is -3.40. The molecule has 0 aromatic heterocycles. The second kappa shape index (κ2) is 7.45. The lowest BCUT2D eigenvalue weighted by Crippen LogP contribution is -2.13. The molecule has 4 nitrogen and oxygen atoms in total. The molecule has 25 heavy (non-hydrogen) atoms. The third kappa shape index (κ3) is 4.12. The van der Waals surface area contributed by atoms with E-state index in [2.05, 4.69) is 5.32 Å². The highest BCUT2D eigenvalue weighted by Gasteiger charge is 2.12. The second-order valence-corrected chi connectivity index (χ2v) is 5.63. The van der Waals surface area contributed by atoms with Crippen LogP contribution in [-0.2, 0) is 11.2 Å². The minimum Gasteiger partial charge on any atom is -0.481 e. The molecule has 0 heterocycles. The Labute approximate surface area is 145 Å². The fourth-order valence-corrected chi connectivity index (χ4v) is 2.63. The summed E-state index contributed by atoms with van der Waals surface area (Å²) in [4.78, 5) is 23.4. The van der Waals surface area contributed by atoms with Gasteiger partial charge in [-0.1, -0.05) is 60.7 Å². The van der Waals surface area contributed by atoms with Crippen LogP contribution in [0.25, 0.3) is 11.1 Å². The number of rotatable bonds is 5. The monoisotopic (exact) mass is 331 g/mol. The first-order valence-corrected chi connectivity index (χ1v) is 7.90. The first kappa shape index (κ1) is 16.5. The van der Waals surface area contributed by atoms with Crippen molar-refractivity contribution in [2.75, 3.05) is 5.32 Å². The standard InChI is InChI=1S/C21H17NO3/c23-20(24)14-15-10-12-17(13-11-15)22-21(25)19-9-5-4-8-18(19)16-6-2-1-3-7-16/h1-13H,14H2,(H,22,25)(H,23,24). The van der Waals surface area contributed by atoms with Gasteiger partial charge in [0.25, 0.3) is 5.91 Å². The summed E-state index contributed by atoms with van der Waals surface area (Å²) in [5, 5.41) is 11.7. The van der Waals surface area contributed by atoms with Gasteiger partial charge in [0, 0.05) is 11.3 Å². The van der Waals surface area contributed by atoms with Gasteiger partial charge in [0.05, 0.1) is 6.42 Å². The topological polar surface area (TPSA) is 66.4 Å². The van der Waals surface area contributed by atoms with Crippen LogP contribution in [0.4, 0.5) is 5.69 Å². The van der Waals surface area contributed by atoms with Crippen molar-refractivity contribution in [2.45, 2.75) is 6.42 Å². The third-order valence-electron chi connectivity index (χ3n) is 3.82. The summed E-state index contributed by atoms with van der Waals surface area (Å²) in [6, 6.07) is 24.0. The Bertz CT molecular complexity index is 887. The van der Waals surface area contributed by atoms with E-state index in [1.54, 1.807) is 30.3 Å². The molecule has 3 aromatic rings. The summed E-state index contributed by atoms with van der Waals surface area (Å²) in [6.45, 7) is 0. The van der Waals surface area contributed by atoms with Crippen LogP contribution in [0.3, 0.4) is 0 Å². The maximum absolute atomic E-state index is 12.7. The van der Waals surface area contributed by atoms with Crippen LogP contribution in [0.1, 0.15) is 15.9 Å². The van der Waals surface area contributed by atoms with Crippen LogP contribution >= 0.6 is 0 Å². The number of hydrogen-bond donors (Lipinski definition) is 2. The first-order valence-electron chi connectivity index (χ1n) is 7.90. The molecule has 0 unspecified atom stereocenters. The van der Waals surface area contributed by atoms with Crippen molar-refractivity contribution >= 4 is 17.6 Å². The molecule has 0 aliphatic heterocycles. The van der Waals surface area contributed by atoms with Crippen molar-refractivity contribution in [3.05, 3.63) is 90.0 Å². The highest BCUT2D eigenvalue weighted by atomic mass is 16.4. The molecule has 0 saturated heterocycles. The van der Waals surface area contributed by atoms with Gasteiger partial charge in [-0.05, 0) is 34.9 Å². The van der Waals surface area contributed by atoms with Crippen molar-refractivity contribution in [2.24, 2.45) is 0 Å². The van der Waals surface area contributed by atoms with Crippen molar-refractivity contribution in [1.29, 1.82) is 0 Å². The zero-order valence-corrected chi connectivity index (χ0v) is 13.5. The van der Waals surface area contributed by atoms with Crippen molar-refractivity contribution < 1.29 is 14.7 Å². The number of carbonyl (C=O) groups is 2. The lowest BCUT2D eigenvalue weighted by atomic mass is 9.99. The summed E-state index contributed by atoms with van der Waals surface area (Å²) in [5.41, 5.74) is 3.74. The van der Waals surface area contributed by atoms with E-state index in [1.807, 2.05) is 48.5 Å². The van der Waals surface area contributed by atoms with Gasteiger partial charge in [-0.3, -0.25) is 9.59 Å². The first-order chi connectivity index (χ1) is 12.1. The predicted molar refractivity (Wildman–Crippen MR) is 97.6 cm³/mol. The number of carbonyl (C=O) groups excluding carboxylic acids is 1. The molecule has 0 atom stereocenters. The average molecular weight is 331 g/mol. The van der Waals surface area contributed by atoms with E-state index in [1.165, 1.54) is 0 Å². The Morgan fingerprint density at radius 1 is 0.800 bits per heavy atom. The van der Waals surface area contributed by atoms with E-state index in [0.29, 0.717) is 16.8 Å². The Morgan fingerprint density at radius 2 is 1.44 bits per heavy atom. The normalized spacial score (nSPS) is 10.2. The van der Waals surface area contributed by atoms with Gasteiger partial charge in [0.15, 0.2) is 0 Å². The molecule has 3 aromatic carbocycles. The minimum atomic E-state index is -0.881. The maximum Gasteiger partial charge on any atom is 0.307 e. The highest BCUT2D eigenvalue weighted by Crippen LogP contribution is 2.24. The van der Waals surface area contributed by atoms with Crippen LogP contribution in [-0.4, -0.2) is 17.0 Å². The van der Waals surface area contributed by atoms with Gasteiger partial charge in [0.1, 0.15) is 0 Å². The molecule has 4 heteroatoms. The van der Waals surface area contributed by atoms with Crippen LogP contribution in [0.15, 0.2) is 78.9 Å². The van der Waals surface area contributed by atoms with E-state index >= 15 is 0 Å². The summed E-state index contributed by atoms with van der Waals surface area (Å²) < 4.78 is 0. The number of carboxylic acids is 1. The van der Waals surface area contributed by atoms with Gasteiger partial charge in [-0.25, -0.2) is 0 Å². The van der Waals surface area contributed by atoms with E-state index in [-0.39, 0.29) is 12.3 Å². The van der Waals surface area contributed by atoms with Crippen molar-refractivity contribution in [1.82, 2.24) is 0 Å². The molecule has 0 saturated carbocycles. The molecule has 0 aliphatic carbocycles. The van der Waals surface area contributed by atoms with Gasteiger partial charge in [-0.15, -0.1) is 0 Å². The van der Waals surface area contributed by atoms with Gasteiger partial charge < -0.3 is 10.4 Å². The maximum atomic E-state index is 12.7. The van der Waals surface area contributed by atoms with Crippen LogP contribution in [0.2, 0.25) is 0 Å². The summed E-state index contributed by atoms with van der Waals surface area (Å²) in [5.74, 6) is -1.08. The lowest BCUT2D eigenvalue weighted by Gasteiger charge is -2.11. The Morgan fingerprint density at radius 3 is 2.12 bits per heavy atom. The minimum absolute atomic E-state index is 0.0366. The lowest BCUT2D eigenvalue weighted by molar-refractivity contribution is -0.136. The molecule has 0 fully saturated rings. The smallest absolute Gasteiger partial charge is 0.307 e. The van der Waals surface area contributed by atoms with E-state index < -0.39 is 5.97 Å². The van der Waals surface area contributed by atoms with E-state index in [9.17, 15) is 9.59 Å². The van der Waals surface area contributed by atoms with Gasteiger partial charge in [-0.2, -0.15) is 0 Å². The van der Waals surface area contributed by atoms with Crippen LogP contribution in [0.5, 0.6) is 0 Å². The number of nitrogens with one attached hydrogen (secondary N) is 1. The second-order valence-electron chi connectivity index (χ2n) is 5.63. The molecule has 0 aliphatic rings. The van der Waals surface area contributed by atoms with Crippen LogP contribution in [0, 0.1) is 0 Å². The summed E-state index contributed by atoms with van der Waals surface area (Å²) in [6.07, 6.45) is -0.0366. The Balaban J connectivity index is 1.81. The molecule has 3 rings (SSSR count). The van der Waals surface area contributed by atoms with Crippen molar-refractivity contribution in [3.63, 3.8) is 0 Å². The highest BCUT2D eigenvalue weighted by molar-refractivity contribution is 6.08. The van der Waals surface area contributed by atoms with Gasteiger partial charge in [0.2, 0.25) is 0 Å². The number of benzene rings is 3. The summed E-state index contributed by atoms with van der Waals surface area (Å²) >= 11 is 0. The number of aliphatic carboxylic acids is 1. The van der Waals surface area contributed by atoms with Gasteiger partial charge >= 0.3 is 5.97 Å². The predicted octanol–water partition coefficient (Wildman–Crippen LogP) is 4.23. The number of carboxylic acid groups (broad SMARTS) is 1. The fraction of sp³-hybridized carbons (Fsp3) is 0.0476. The molecular formula is C21H17NO3. The molecule has 0 radical (unpaired) electrons. The molecule has 0 spiro atoms. The quantitative estimate of drug-likeness (QED) is 0.735. The number of hydrogen-bond acceptors (Lipinski definition) is 2.